The van der Waals surface area contributed by atoms with Gasteiger partial charge in [-0.3, -0.25) is 14.5 Å². The molecule has 7 nitrogen and oxygen atoms in total. The van der Waals surface area contributed by atoms with Crippen molar-refractivity contribution in [3.63, 3.8) is 0 Å². The van der Waals surface area contributed by atoms with Crippen molar-refractivity contribution in [2.45, 2.75) is 51.5 Å². The topological polar surface area (TPSA) is 81.8 Å². The molecule has 0 spiro atoms. The van der Waals surface area contributed by atoms with Gasteiger partial charge in [0.15, 0.2) is 0 Å². The van der Waals surface area contributed by atoms with Gasteiger partial charge in [0.25, 0.3) is 0 Å². The highest BCUT2D eigenvalue weighted by Gasteiger charge is 2.45. The highest BCUT2D eigenvalue weighted by atomic mass is 16.2. The van der Waals surface area contributed by atoms with Gasteiger partial charge in [0, 0.05) is 31.6 Å². The second kappa shape index (κ2) is 11.3. The lowest BCUT2D eigenvalue weighted by Crippen LogP contribution is -2.62. The molecule has 1 heterocycles. The Labute approximate surface area is 185 Å². The lowest BCUT2D eigenvalue weighted by molar-refractivity contribution is -0.139. The molecule has 1 aromatic carbocycles. The molecule has 7 heteroatoms. The van der Waals surface area contributed by atoms with Crippen molar-refractivity contribution in [2.24, 2.45) is 11.8 Å². The van der Waals surface area contributed by atoms with Gasteiger partial charge in [-0.25, -0.2) is 4.79 Å². The molecule has 2 fully saturated rings. The Balaban J connectivity index is 1.46. The van der Waals surface area contributed by atoms with Gasteiger partial charge in [-0.2, -0.15) is 0 Å². The third kappa shape index (κ3) is 6.29. The fraction of sp³-hybridized carbons (Fsp3) is 0.625. The molecule has 0 bridgehead atoms. The average Bonchev–Trinajstić information content (AvgIpc) is 2.77. The Bertz CT molecular complexity index is 754. The number of rotatable bonds is 10. The van der Waals surface area contributed by atoms with Crippen molar-refractivity contribution >= 4 is 17.8 Å². The first-order valence-electron chi connectivity index (χ1n) is 11.6. The van der Waals surface area contributed by atoms with Crippen LogP contribution in [0.3, 0.4) is 0 Å². The quantitative estimate of drug-likeness (QED) is 0.600. The molecule has 1 saturated carbocycles. The van der Waals surface area contributed by atoms with Crippen LogP contribution in [-0.4, -0.2) is 66.9 Å². The van der Waals surface area contributed by atoms with E-state index in [9.17, 15) is 14.4 Å². The molecule has 3 unspecified atom stereocenters. The first-order chi connectivity index (χ1) is 15.0. The SMILES string of the molecule is CCCCN(C)CCNC(=O)C1CCC2C(=O)N(CCc3ccccc3)C(=O)NC2C1. The number of hydrogen-bond acceptors (Lipinski definition) is 4. The number of amides is 4. The Morgan fingerprint density at radius 3 is 2.71 bits per heavy atom. The number of carbonyl (C=O) groups excluding carboxylic acids is 3. The van der Waals surface area contributed by atoms with Gasteiger partial charge in [-0.15, -0.1) is 0 Å². The molecule has 1 aliphatic carbocycles. The molecule has 31 heavy (non-hydrogen) atoms. The number of unbranched alkanes of at least 4 members (excludes halogenated alkanes) is 1. The fourth-order valence-electron chi connectivity index (χ4n) is 4.55. The predicted octanol–water partition coefficient (Wildman–Crippen LogP) is 2.41. The van der Waals surface area contributed by atoms with Gasteiger partial charge in [0.2, 0.25) is 11.8 Å². The number of likely N-dealkylation sites (N-methyl/N-ethyl adjacent to an activating group) is 1. The van der Waals surface area contributed by atoms with Crippen molar-refractivity contribution < 1.29 is 14.4 Å². The summed E-state index contributed by atoms with van der Waals surface area (Å²) in [6, 6.07) is 9.29. The number of nitrogens with zero attached hydrogens (tertiary/aromatic N) is 2. The second-order valence-corrected chi connectivity index (χ2v) is 8.85. The van der Waals surface area contributed by atoms with Gasteiger partial charge in [0.05, 0.1) is 5.92 Å². The lowest BCUT2D eigenvalue weighted by Gasteiger charge is -2.42. The highest BCUT2D eigenvalue weighted by molar-refractivity contribution is 5.99. The van der Waals surface area contributed by atoms with Crippen LogP contribution in [0.5, 0.6) is 0 Å². The minimum absolute atomic E-state index is 0.0375. The summed E-state index contributed by atoms with van der Waals surface area (Å²) in [5, 5.41) is 6.03. The highest BCUT2D eigenvalue weighted by Crippen LogP contribution is 2.33. The maximum atomic E-state index is 13.0. The average molecular weight is 429 g/mol. The number of benzene rings is 1. The molecule has 3 atom stereocenters. The van der Waals surface area contributed by atoms with Crippen molar-refractivity contribution in [1.29, 1.82) is 0 Å². The molecule has 2 N–H and O–H groups in total. The van der Waals surface area contributed by atoms with E-state index in [-0.39, 0.29) is 35.7 Å². The van der Waals surface area contributed by atoms with Crippen molar-refractivity contribution in [3.8, 4) is 0 Å². The summed E-state index contributed by atoms with van der Waals surface area (Å²) in [4.78, 5) is 41.7. The van der Waals surface area contributed by atoms with Crippen molar-refractivity contribution in [3.05, 3.63) is 35.9 Å². The van der Waals surface area contributed by atoms with Gasteiger partial charge in [0.1, 0.15) is 0 Å². The van der Waals surface area contributed by atoms with Crippen LogP contribution >= 0.6 is 0 Å². The Hall–Kier alpha value is -2.41. The molecular weight excluding hydrogens is 392 g/mol. The second-order valence-electron chi connectivity index (χ2n) is 8.85. The molecule has 4 amide bonds. The van der Waals surface area contributed by atoms with Gasteiger partial charge >= 0.3 is 6.03 Å². The van der Waals surface area contributed by atoms with Crippen LogP contribution in [0.4, 0.5) is 4.79 Å². The molecule has 1 aliphatic heterocycles. The van der Waals surface area contributed by atoms with E-state index >= 15 is 0 Å². The molecule has 2 aliphatic rings. The van der Waals surface area contributed by atoms with Gasteiger partial charge in [-0.1, -0.05) is 43.7 Å². The van der Waals surface area contributed by atoms with Crippen LogP contribution in [0.15, 0.2) is 30.3 Å². The maximum absolute atomic E-state index is 13.0. The molecule has 0 radical (unpaired) electrons. The minimum atomic E-state index is -0.333. The summed E-state index contributed by atoms with van der Waals surface area (Å²) in [6.45, 7) is 5.05. The summed E-state index contributed by atoms with van der Waals surface area (Å²) in [5.41, 5.74) is 1.10. The van der Waals surface area contributed by atoms with E-state index in [2.05, 4.69) is 29.5 Å². The van der Waals surface area contributed by atoms with Crippen molar-refractivity contribution in [1.82, 2.24) is 20.4 Å². The zero-order valence-electron chi connectivity index (χ0n) is 18.8. The summed E-state index contributed by atoms with van der Waals surface area (Å²) < 4.78 is 0. The van der Waals surface area contributed by atoms with Crippen LogP contribution in [-0.2, 0) is 16.0 Å². The van der Waals surface area contributed by atoms with E-state index in [0.29, 0.717) is 38.8 Å². The minimum Gasteiger partial charge on any atom is -0.355 e. The number of fused-ring (bicyclic) bond motifs is 1. The lowest BCUT2D eigenvalue weighted by atomic mass is 9.76. The van der Waals surface area contributed by atoms with Crippen LogP contribution in [0.2, 0.25) is 0 Å². The zero-order chi connectivity index (χ0) is 22.2. The largest absolute Gasteiger partial charge is 0.355 e. The van der Waals surface area contributed by atoms with Gasteiger partial charge < -0.3 is 15.5 Å². The van der Waals surface area contributed by atoms with E-state index in [1.54, 1.807) is 0 Å². The van der Waals surface area contributed by atoms with E-state index in [0.717, 1.165) is 31.5 Å². The smallest absolute Gasteiger partial charge is 0.324 e. The molecule has 3 rings (SSSR count). The normalized spacial score (nSPS) is 23.5. The summed E-state index contributed by atoms with van der Waals surface area (Å²) >= 11 is 0. The number of imide groups is 1. The Morgan fingerprint density at radius 2 is 1.97 bits per heavy atom. The fourth-order valence-corrected chi connectivity index (χ4v) is 4.55. The van der Waals surface area contributed by atoms with E-state index in [4.69, 9.17) is 0 Å². The molecule has 170 valence electrons. The van der Waals surface area contributed by atoms with E-state index in [1.807, 2.05) is 30.3 Å². The summed E-state index contributed by atoms with van der Waals surface area (Å²) in [5.74, 6) is -0.430. The number of carbonyl (C=O) groups is 3. The number of urea groups is 1. The molecule has 1 saturated heterocycles. The molecule has 1 aromatic rings. The monoisotopic (exact) mass is 428 g/mol. The van der Waals surface area contributed by atoms with Crippen LogP contribution in [0.1, 0.15) is 44.6 Å². The number of nitrogens with one attached hydrogen (secondary N) is 2. The summed E-state index contributed by atoms with van der Waals surface area (Å²) in [6.07, 6.45) is 4.83. The summed E-state index contributed by atoms with van der Waals surface area (Å²) in [7, 11) is 2.07. The number of hydrogen-bond donors (Lipinski definition) is 2. The molecule has 0 aromatic heterocycles. The Morgan fingerprint density at radius 1 is 1.19 bits per heavy atom. The Kier molecular flexibility index (Phi) is 8.46. The predicted molar refractivity (Wildman–Crippen MR) is 120 cm³/mol. The standard InChI is InChI=1S/C24H36N4O3/c1-3-4-14-27(2)16-13-25-22(29)19-10-11-20-21(17-19)26-24(31)28(23(20)30)15-12-18-8-6-5-7-9-18/h5-9,19-21H,3-4,10-17H2,1-2H3,(H,25,29)(H,26,31). The first kappa shape index (κ1) is 23.3. The van der Waals surface area contributed by atoms with Crippen LogP contribution in [0.25, 0.3) is 0 Å². The first-order valence-corrected chi connectivity index (χ1v) is 11.6. The van der Waals surface area contributed by atoms with Gasteiger partial charge in [-0.05, 0) is 51.3 Å². The third-order valence-electron chi connectivity index (χ3n) is 6.51. The maximum Gasteiger partial charge on any atom is 0.324 e. The van der Waals surface area contributed by atoms with E-state index < -0.39 is 0 Å². The zero-order valence-corrected chi connectivity index (χ0v) is 18.8. The third-order valence-corrected chi connectivity index (χ3v) is 6.51. The van der Waals surface area contributed by atoms with Crippen molar-refractivity contribution in [2.75, 3.05) is 33.2 Å². The van der Waals surface area contributed by atoms with E-state index in [1.165, 1.54) is 4.90 Å². The molecular formula is C24H36N4O3. The van der Waals surface area contributed by atoms with Crippen LogP contribution < -0.4 is 10.6 Å². The van der Waals surface area contributed by atoms with Crippen LogP contribution in [0, 0.1) is 11.8 Å².